The van der Waals surface area contributed by atoms with Gasteiger partial charge in [-0.25, -0.2) is 9.48 Å². The lowest BCUT2D eigenvalue weighted by atomic mass is 10.1. The number of pyridine rings is 1. The van der Waals surface area contributed by atoms with E-state index in [1.807, 2.05) is 93.0 Å². The van der Waals surface area contributed by atoms with Crippen LogP contribution < -0.4 is 16.1 Å². The number of ether oxygens (including phenoxy) is 1. The number of amides is 2. The van der Waals surface area contributed by atoms with Crippen LogP contribution in [-0.2, 0) is 18.4 Å². The Morgan fingerprint density at radius 2 is 1.81 bits per heavy atom. The van der Waals surface area contributed by atoms with Crippen LogP contribution in [-0.4, -0.2) is 27.5 Å². The summed E-state index contributed by atoms with van der Waals surface area (Å²) >= 11 is 0. The van der Waals surface area contributed by atoms with Crippen LogP contribution >= 0.6 is 0 Å². The third kappa shape index (κ3) is 4.87. The number of para-hydroxylation sites is 1. The topological polar surface area (TPSA) is 97.0 Å². The number of fused-ring (bicyclic) bond motifs is 1. The minimum atomic E-state index is -0.372. The molecule has 3 N–H and O–H groups in total. The van der Waals surface area contributed by atoms with E-state index in [1.54, 1.807) is 22.4 Å². The molecule has 0 bridgehead atoms. The molecule has 8 nitrogen and oxygen atoms in total. The number of urea groups is 1. The van der Waals surface area contributed by atoms with Crippen molar-refractivity contribution in [2.24, 2.45) is 7.05 Å². The lowest BCUT2D eigenvalue weighted by Crippen LogP contribution is -2.22. The number of nitrogens with one attached hydrogen (secondary N) is 3. The van der Waals surface area contributed by atoms with E-state index >= 15 is 0 Å². The molecular weight excluding hydrogens is 464 g/mol. The summed E-state index contributed by atoms with van der Waals surface area (Å²) < 4.78 is 8.74. The van der Waals surface area contributed by atoms with Gasteiger partial charge in [0, 0.05) is 36.9 Å². The van der Waals surface area contributed by atoms with Gasteiger partial charge in [-0.15, -0.1) is 0 Å². The third-order valence-electron chi connectivity index (χ3n) is 6.27. The van der Waals surface area contributed by atoms with Crippen molar-refractivity contribution in [1.29, 1.82) is 5.41 Å². The minimum absolute atomic E-state index is 0.372. The predicted octanol–water partition coefficient (Wildman–Crippen LogP) is 5.61. The molecule has 0 fully saturated rings. The fourth-order valence-corrected chi connectivity index (χ4v) is 4.37. The highest BCUT2D eigenvalue weighted by Crippen LogP contribution is 2.31. The fourth-order valence-electron chi connectivity index (χ4n) is 4.37. The van der Waals surface area contributed by atoms with Gasteiger partial charge in [0.1, 0.15) is 11.3 Å². The van der Waals surface area contributed by atoms with Crippen molar-refractivity contribution in [1.82, 2.24) is 14.3 Å². The number of nitrogens with zero attached hydrogens (tertiary/aromatic N) is 3. The first-order valence-electron chi connectivity index (χ1n) is 11.9. The normalized spacial score (nSPS) is 11.0. The number of hydrogen-bond acceptors (Lipinski definition) is 4. The van der Waals surface area contributed by atoms with E-state index in [1.165, 1.54) is 0 Å². The molecule has 5 rings (SSSR count). The molecule has 0 spiro atoms. The smallest absolute Gasteiger partial charge is 0.324 e. The molecular formula is C29H28N6O2. The Bertz CT molecular complexity index is 1650. The number of carbonyl (C=O) groups is 1. The molecule has 0 aliphatic heterocycles. The van der Waals surface area contributed by atoms with Gasteiger partial charge in [-0.1, -0.05) is 42.5 Å². The summed E-state index contributed by atoms with van der Waals surface area (Å²) in [6.07, 6.45) is 1.87. The summed E-state index contributed by atoms with van der Waals surface area (Å²) in [4.78, 5) is 13.3. The molecule has 0 saturated carbocycles. The fraction of sp³-hybridized carbons (Fsp3) is 0.138. The van der Waals surface area contributed by atoms with Gasteiger partial charge in [-0.2, -0.15) is 5.10 Å². The number of hydrogen-bond donors (Lipinski definition) is 3. The molecule has 0 aliphatic carbocycles. The van der Waals surface area contributed by atoms with Gasteiger partial charge < -0.3 is 14.6 Å². The molecule has 0 radical (unpaired) electrons. The average Bonchev–Trinajstić information content (AvgIpc) is 3.22. The Balaban J connectivity index is 1.52. The third-order valence-corrected chi connectivity index (χ3v) is 6.27. The van der Waals surface area contributed by atoms with Crippen molar-refractivity contribution in [2.75, 3.05) is 17.7 Å². The maximum Gasteiger partial charge on any atom is 0.324 e. The van der Waals surface area contributed by atoms with Crippen molar-refractivity contribution in [2.45, 2.75) is 13.5 Å². The van der Waals surface area contributed by atoms with E-state index in [0.717, 1.165) is 38.8 Å². The molecule has 37 heavy (non-hydrogen) atoms. The molecule has 3 aromatic carbocycles. The molecule has 8 heteroatoms. The Morgan fingerprint density at radius 3 is 2.57 bits per heavy atom. The Morgan fingerprint density at radius 1 is 1.00 bits per heavy atom. The van der Waals surface area contributed by atoms with Crippen LogP contribution in [0, 0.1) is 12.3 Å². The molecule has 5 aromatic rings. The first kappa shape index (κ1) is 24.0. The molecule has 2 heterocycles. The molecule has 0 unspecified atom stereocenters. The molecule has 0 atom stereocenters. The SMILES string of the molecule is COCc1ccc2cccc(NC(=O)Nc3c(C)c(-c4ccc(=N)n(C)c4)nn3-c3ccccc3)c2c1. The van der Waals surface area contributed by atoms with Gasteiger partial charge in [0.15, 0.2) is 0 Å². The summed E-state index contributed by atoms with van der Waals surface area (Å²) in [5.74, 6) is 0.566. The van der Waals surface area contributed by atoms with Gasteiger partial charge in [-0.3, -0.25) is 10.7 Å². The largest absolute Gasteiger partial charge is 0.380 e. The Labute approximate surface area is 214 Å². The van der Waals surface area contributed by atoms with Crippen molar-refractivity contribution in [3.05, 3.63) is 102 Å². The minimum Gasteiger partial charge on any atom is -0.380 e. The van der Waals surface area contributed by atoms with E-state index in [2.05, 4.69) is 10.6 Å². The van der Waals surface area contributed by atoms with Gasteiger partial charge >= 0.3 is 6.03 Å². The van der Waals surface area contributed by atoms with Gasteiger partial charge in [0.05, 0.1) is 23.7 Å². The number of aryl methyl sites for hydroxylation is 1. The highest BCUT2D eigenvalue weighted by Gasteiger charge is 2.20. The number of anilines is 2. The van der Waals surface area contributed by atoms with Crippen LogP contribution in [0.25, 0.3) is 27.7 Å². The van der Waals surface area contributed by atoms with Crippen LogP contribution in [0.5, 0.6) is 0 Å². The standard InChI is InChI=1S/C29H28N6O2/c1-19-27(22-14-15-26(30)34(2)17-22)33-35(23-9-5-4-6-10-23)28(19)32-29(36)31-25-11-7-8-21-13-12-20(18-37-3)16-24(21)25/h4-17,30H,18H2,1-3H3,(H2,31,32,36). The van der Waals surface area contributed by atoms with Gasteiger partial charge in [0.2, 0.25) is 0 Å². The van der Waals surface area contributed by atoms with Crippen molar-refractivity contribution in [3.8, 4) is 16.9 Å². The predicted molar refractivity (Wildman–Crippen MR) is 146 cm³/mol. The van der Waals surface area contributed by atoms with Crippen LogP contribution in [0.4, 0.5) is 16.3 Å². The number of rotatable bonds is 6. The van der Waals surface area contributed by atoms with Crippen molar-refractivity contribution < 1.29 is 9.53 Å². The molecule has 2 aromatic heterocycles. The van der Waals surface area contributed by atoms with Crippen LogP contribution in [0.2, 0.25) is 0 Å². The number of benzene rings is 3. The van der Waals surface area contributed by atoms with E-state index in [-0.39, 0.29) is 6.03 Å². The second kappa shape index (κ2) is 10.1. The van der Waals surface area contributed by atoms with Crippen LogP contribution in [0.3, 0.4) is 0 Å². The maximum absolute atomic E-state index is 13.3. The first-order chi connectivity index (χ1) is 17.9. The summed E-state index contributed by atoms with van der Waals surface area (Å²) in [6.45, 7) is 2.43. The lowest BCUT2D eigenvalue weighted by Gasteiger charge is -2.13. The van der Waals surface area contributed by atoms with Crippen LogP contribution in [0.15, 0.2) is 85.1 Å². The van der Waals surface area contributed by atoms with Crippen molar-refractivity contribution in [3.63, 3.8) is 0 Å². The van der Waals surface area contributed by atoms with E-state index in [9.17, 15) is 4.79 Å². The second-order valence-corrected chi connectivity index (χ2v) is 8.86. The highest BCUT2D eigenvalue weighted by molar-refractivity contribution is 6.06. The molecule has 2 amide bonds. The van der Waals surface area contributed by atoms with Gasteiger partial charge in [-0.05, 0) is 54.3 Å². The Hall–Kier alpha value is -4.69. The summed E-state index contributed by atoms with van der Waals surface area (Å²) in [6, 6.07) is 24.8. The maximum atomic E-state index is 13.3. The average molecular weight is 493 g/mol. The number of carbonyl (C=O) groups excluding carboxylic acids is 1. The quantitative estimate of drug-likeness (QED) is 0.287. The highest BCUT2D eigenvalue weighted by atomic mass is 16.5. The molecule has 0 saturated heterocycles. The second-order valence-electron chi connectivity index (χ2n) is 8.86. The monoisotopic (exact) mass is 492 g/mol. The zero-order chi connectivity index (χ0) is 25.9. The summed E-state index contributed by atoms with van der Waals surface area (Å²) in [7, 11) is 3.49. The number of aromatic nitrogens is 3. The molecule has 186 valence electrons. The first-order valence-corrected chi connectivity index (χ1v) is 11.9. The van der Waals surface area contributed by atoms with Gasteiger partial charge in [0.25, 0.3) is 0 Å². The summed E-state index contributed by atoms with van der Waals surface area (Å²) in [5.41, 5.74) is 5.34. The zero-order valence-corrected chi connectivity index (χ0v) is 20.9. The van der Waals surface area contributed by atoms with E-state index in [4.69, 9.17) is 15.2 Å². The van der Waals surface area contributed by atoms with E-state index < -0.39 is 0 Å². The lowest BCUT2D eigenvalue weighted by molar-refractivity contribution is 0.185. The van der Waals surface area contributed by atoms with E-state index in [0.29, 0.717) is 23.6 Å². The van der Waals surface area contributed by atoms with Crippen molar-refractivity contribution >= 4 is 28.3 Å². The van der Waals surface area contributed by atoms with Crippen LogP contribution in [0.1, 0.15) is 11.1 Å². The zero-order valence-electron chi connectivity index (χ0n) is 20.9. The number of methoxy groups -OCH3 is 1. The molecule has 0 aliphatic rings. The summed E-state index contributed by atoms with van der Waals surface area (Å²) in [5, 5.41) is 20.8. The Kier molecular flexibility index (Phi) is 6.57.